The van der Waals surface area contributed by atoms with Gasteiger partial charge in [0.05, 0.1) is 11.1 Å². The quantitative estimate of drug-likeness (QED) is 0.446. The highest BCUT2D eigenvalue weighted by Crippen LogP contribution is 2.23. The van der Waals surface area contributed by atoms with E-state index in [4.69, 9.17) is 4.84 Å². The molecule has 3 aliphatic rings. The fourth-order valence-corrected chi connectivity index (χ4v) is 3.18. The van der Waals surface area contributed by atoms with E-state index in [0.717, 1.165) is 0 Å². The van der Waals surface area contributed by atoms with E-state index in [1.54, 1.807) is 0 Å². The first-order chi connectivity index (χ1) is 13.8. The Bertz CT molecular complexity index is 1280. The summed E-state index contributed by atoms with van der Waals surface area (Å²) in [6.45, 7) is -0.831. The van der Waals surface area contributed by atoms with Crippen molar-refractivity contribution in [3.8, 4) is 11.4 Å². The number of fused-ring (bicyclic) bond motifs is 2. The second-order valence-corrected chi connectivity index (χ2v) is 6.47. The lowest BCUT2D eigenvalue weighted by molar-refractivity contribution is -0.198. The fraction of sp³-hybridized carbons (Fsp3) is 0.222. The molecule has 0 aromatic heterocycles. The fourth-order valence-electron chi connectivity index (χ4n) is 3.18. The Morgan fingerprint density at radius 1 is 1.14 bits per heavy atom. The summed E-state index contributed by atoms with van der Waals surface area (Å²) in [6, 6.07) is 5.38. The highest BCUT2D eigenvalue weighted by molar-refractivity contribution is 6.01. The highest BCUT2D eigenvalue weighted by atomic mass is 19.1. The third-order valence-electron chi connectivity index (χ3n) is 4.61. The number of aryl methyl sites for hydroxylation is 1. The summed E-state index contributed by atoms with van der Waals surface area (Å²) in [6.07, 6.45) is -0.166. The van der Waals surface area contributed by atoms with Gasteiger partial charge in [0.25, 0.3) is 17.4 Å². The molecule has 10 nitrogen and oxygen atoms in total. The Hall–Kier alpha value is -3.89. The molecule has 3 heterocycles. The first-order valence-corrected chi connectivity index (χ1v) is 8.52. The predicted molar refractivity (Wildman–Crippen MR) is 95.0 cm³/mol. The lowest BCUT2D eigenvalue weighted by Crippen LogP contribution is -2.42. The summed E-state index contributed by atoms with van der Waals surface area (Å²) in [4.78, 5) is 68.7. The summed E-state index contributed by atoms with van der Waals surface area (Å²) in [7, 11) is 1.53. The van der Waals surface area contributed by atoms with E-state index >= 15 is 0 Å². The Labute approximate surface area is 161 Å². The molecule has 29 heavy (non-hydrogen) atoms. The Morgan fingerprint density at radius 2 is 1.83 bits per heavy atom. The smallest absolute Gasteiger partial charge is 0.328 e. The summed E-state index contributed by atoms with van der Waals surface area (Å²) < 4.78 is 15.5. The monoisotopic (exact) mass is 400 g/mol. The number of amides is 2. The van der Waals surface area contributed by atoms with Crippen molar-refractivity contribution in [3.05, 3.63) is 50.9 Å². The van der Waals surface area contributed by atoms with Gasteiger partial charge in [-0.25, -0.2) is 18.5 Å². The molecular formula is C18H13FN4O6. The Balaban J connectivity index is 1.76. The van der Waals surface area contributed by atoms with Crippen molar-refractivity contribution in [2.24, 2.45) is 7.05 Å². The minimum absolute atomic E-state index is 0.0209. The van der Waals surface area contributed by atoms with Crippen LogP contribution in [0.4, 0.5) is 4.39 Å². The minimum Gasteiger partial charge on any atom is -0.328 e. The number of pyridine rings is 1. The van der Waals surface area contributed by atoms with Crippen molar-refractivity contribution >= 4 is 28.7 Å². The molecule has 3 aliphatic heterocycles. The maximum Gasteiger partial charge on any atom is 0.353 e. The predicted octanol–water partition coefficient (Wildman–Crippen LogP) is -0.0537. The topological polar surface area (TPSA) is 121 Å². The maximum absolute atomic E-state index is 13.5. The van der Waals surface area contributed by atoms with E-state index in [9.17, 15) is 28.4 Å². The number of halogens is 1. The van der Waals surface area contributed by atoms with Gasteiger partial charge in [-0.2, -0.15) is 4.98 Å². The molecule has 0 atom stereocenters. The maximum atomic E-state index is 13.5. The molecule has 1 saturated heterocycles. The van der Waals surface area contributed by atoms with E-state index < -0.39 is 41.4 Å². The molecule has 0 bridgehead atoms. The van der Waals surface area contributed by atoms with E-state index in [-0.39, 0.29) is 24.2 Å². The van der Waals surface area contributed by atoms with E-state index in [2.05, 4.69) is 4.98 Å². The molecule has 148 valence electrons. The van der Waals surface area contributed by atoms with Gasteiger partial charge in [-0.3, -0.25) is 14.4 Å². The number of hydrogen-bond donors (Lipinski definition) is 0. The van der Waals surface area contributed by atoms with Crippen LogP contribution in [0.25, 0.3) is 22.3 Å². The van der Waals surface area contributed by atoms with Gasteiger partial charge in [-0.15, -0.1) is 5.06 Å². The number of nitrogens with zero attached hydrogens (tertiary/aromatic N) is 4. The third-order valence-corrected chi connectivity index (χ3v) is 4.61. The summed E-state index contributed by atoms with van der Waals surface area (Å²) in [5, 5.41) is 0.857. The number of carbonyl (C=O) groups is 3. The van der Waals surface area contributed by atoms with Crippen LogP contribution in [0.15, 0.2) is 33.9 Å². The summed E-state index contributed by atoms with van der Waals surface area (Å²) in [5.41, 5.74) is -1.37. The van der Waals surface area contributed by atoms with Crippen LogP contribution in [0.2, 0.25) is 0 Å². The van der Waals surface area contributed by atoms with Gasteiger partial charge in [0, 0.05) is 19.9 Å². The van der Waals surface area contributed by atoms with E-state index in [1.807, 2.05) is 0 Å². The molecule has 11 heteroatoms. The second-order valence-electron chi connectivity index (χ2n) is 6.47. The minimum atomic E-state index is -1.14. The van der Waals surface area contributed by atoms with Gasteiger partial charge in [0.15, 0.2) is 5.82 Å². The molecule has 0 unspecified atom stereocenters. The number of hydroxylamine groups is 2. The Morgan fingerprint density at radius 3 is 2.52 bits per heavy atom. The van der Waals surface area contributed by atoms with Crippen LogP contribution in [-0.4, -0.2) is 37.0 Å². The molecular weight excluding hydrogens is 387 g/mol. The van der Waals surface area contributed by atoms with Crippen LogP contribution >= 0.6 is 0 Å². The average molecular weight is 400 g/mol. The average Bonchev–Trinajstić information content (AvgIpc) is 2.99. The standard InChI is InChI=1S/C18H13FN4O6/c1-21-12-7-10(19)3-2-9(12)6-11-16(21)20-18(28)22(17(11)27)8-15(26)29-23-13(24)4-5-14(23)25/h2-3,6-7H,4-5,8H2,1H3. The van der Waals surface area contributed by atoms with Crippen LogP contribution in [0.5, 0.6) is 0 Å². The van der Waals surface area contributed by atoms with Gasteiger partial charge < -0.3 is 9.40 Å². The summed E-state index contributed by atoms with van der Waals surface area (Å²) in [5.74, 6) is -2.97. The SMILES string of the molecule is Cn1c2nc(=O)n(CC(=O)ON3C(=O)CCC3=O)c(=O)c-2cc2ccc(F)cc21. The largest absolute Gasteiger partial charge is 0.353 e. The van der Waals surface area contributed by atoms with Gasteiger partial charge in [-0.1, -0.05) is 0 Å². The molecule has 0 N–H and O–H groups in total. The molecule has 1 fully saturated rings. The molecule has 0 aliphatic carbocycles. The molecule has 4 rings (SSSR count). The van der Waals surface area contributed by atoms with Gasteiger partial charge >= 0.3 is 11.7 Å². The van der Waals surface area contributed by atoms with E-state index in [1.165, 1.54) is 35.9 Å². The van der Waals surface area contributed by atoms with E-state index in [0.29, 0.717) is 20.5 Å². The van der Waals surface area contributed by atoms with Crippen LogP contribution in [0.1, 0.15) is 12.8 Å². The van der Waals surface area contributed by atoms with Crippen LogP contribution in [0.3, 0.4) is 0 Å². The molecule has 2 amide bonds. The number of aromatic nitrogens is 3. The van der Waals surface area contributed by atoms with Crippen molar-refractivity contribution in [1.82, 2.24) is 19.2 Å². The number of benzene rings is 1. The zero-order valence-electron chi connectivity index (χ0n) is 15.0. The van der Waals surface area contributed by atoms with Crippen LogP contribution < -0.4 is 11.2 Å². The van der Waals surface area contributed by atoms with Crippen molar-refractivity contribution in [1.29, 1.82) is 0 Å². The number of hydrogen-bond acceptors (Lipinski definition) is 7. The van der Waals surface area contributed by atoms with Gasteiger partial charge in [0.2, 0.25) is 0 Å². The second kappa shape index (κ2) is 6.62. The first kappa shape index (κ1) is 18.5. The number of imide groups is 1. The Kier molecular flexibility index (Phi) is 4.22. The molecule has 0 radical (unpaired) electrons. The highest BCUT2D eigenvalue weighted by Gasteiger charge is 2.33. The van der Waals surface area contributed by atoms with Crippen molar-refractivity contribution in [2.45, 2.75) is 19.4 Å². The normalized spacial score (nSPS) is 14.2. The molecule has 0 saturated carbocycles. The third kappa shape index (κ3) is 3.06. The number of rotatable bonds is 3. The van der Waals surface area contributed by atoms with Crippen LogP contribution in [0, 0.1) is 5.82 Å². The molecule has 1 aromatic carbocycles. The molecule has 1 aromatic rings. The summed E-state index contributed by atoms with van der Waals surface area (Å²) >= 11 is 0. The van der Waals surface area contributed by atoms with Gasteiger partial charge in [-0.05, 0) is 29.7 Å². The van der Waals surface area contributed by atoms with Crippen molar-refractivity contribution in [2.75, 3.05) is 0 Å². The van der Waals surface area contributed by atoms with Crippen molar-refractivity contribution in [3.63, 3.8) is 0 Å². The molecule has 0 spiro atoms. The van der Waals surface area contributed by atoms with Gasteiger partial charge in [0.1, 0.15) is 12.4 Å². The van der Waals surface area contributed by atoms with Crippen molar-refractivity contribution < 1.29 is 23.6 Å². The van der Waals surface area contributed by atoms with Crippen LogP contribution in [-0.2, 0) is 32.8 Å². The lowest BCUT2D eigenvalue weighted by Gasteiger charge is -2.16. The first-order valence-electron chi connectivity index (χ1n) is 8.52. The zero-order valence-corrected chi connectivity index (χ0v) is 15.0. The zero-order chi connectivity index (χ0) is 20.9. The lowest BCUT2D eigenvalue weighted by atomic mass is 10.1. The number of carbonyl (C=O) groups excluding carboxylic acids is 3.